The van der Waals surface area contributed by atoms with E-state index >= 15 is 0 Å². The zero-order chi connectivity index (χ0) is 17.3. The summed E-state index contributed by atoms with van der Waals surface area (Å²) in [6, 6.07) is 18.5. The lowest BCUT2D eigenvalue weighted by atomic mass is 10.1. The molecule has 0 aliphatic heterocycles. The molecule has 0 amide bonds. The number of aromatic nitrogens is 4. The Labute approximate surface area is 150 Å². The first-order chi connectivity index (χ1) is 12.9. The highest BCUT2D eigenvalue weighted by Gasteiger charge is 2.05. The van der Waals surface area contributed by atoms with Crippen molar-refractivity contribution in [2.75, 3.05) is 0 Å². The normalized spacial score (nSPS) is 11.7. The molecule has 0 saturated carbocycles. The standard InChI is InChI=1S/C22H16N4/c1-4-8-22(26-14-17-11-12-23-13-18(17)15-26)16(5-1)9-10-21-19-6-2-3-7-20(19)24-25-21/h1-15H,(H,24,25). The van der Waals surface area contributed by atoms with Gasteiger partial charge in [0, 0.05) is 40.9 Å². The predicted octanol–water partition coefficient (Wildman–Crippen LogP) is 5.07. The van der Waals surface area contributed by atoms with E-state index in [9.17, 15) is 0 Å². The zero-order valence-corrected chi connectivity index (χ0v) is 14.0. The van der Waals surface area contributed by atoms with Crippen LogP contribution in [0.2, 0.25) is 0 Å². The van der Waals surface area contributed by atoms with Gasteiger partial charge in [-0.2, -0.15) is 5.10 Å². The molecule has 1 N–H and O–H groups in total. The van der Waals surface area contributed by atoms with Gasteiger partial charge in [-0.1, -0.05) is 42.5 Å². The van der Waals surface area contributed by atoms with Crippen molar-refractivity contribution >= 4 is 33.8 Å². The molecular formula is C22H16N4. The second-order valence-corrected chi connectivity index (χ2v) is 6.22. The molecule has 4 nitrogen and oxygen atoms in total. The van der Waals surface area contributed by atoms with Gasteiger partial charge in [0.15, 0.2) is 0 Å². The summed E-state index contributed by atoms with van der Waals surface area (Å²) in [6.45, 7) is 0. The van der Waals surface area contributed by atoms with Crippen LogP contribution in [0.4, 0.5) is 0 Å². The zero-order valence-electron chi connectivity index (χ0n) is 14.0. The number of para-hydroxylation sites is 2. The molecule has 0 atom stereocenters. The molecule has 124 valence electrons. The van der Waals surface area contributed by atoms with E-state index in [1.807, 2.05) is 36.7 Å². The van der Waals surface area contributed by atoms with Crippen molar-refractivity contribution in [3.8, 4) is 5.69 Å². The molecule has 0 fully saturated rings. The molecular weight excluding hydrogens is 320 g/mol. The molecule has 0 aliphatic carbocycles. The number of H-pyrrole nitrogens is 1. The smallest absolute Gasteiger partial charge is 0.0927 e. The van der Waals surface area contributed by atoms with E-state index in [0.29, 0.717) is 0 Å². The van der Waals surface area contributed by atoms with Gasteiger partial charge in [0.1, 0.15) is 0 Å². The van der Waals surface area contributed by atoms with Crippen LogP contribution in [0.3, 0.4) is 0 Å². The highest BCUT2D eigenvalue weighted by atomic mass is 15.1. The van der Waals surface area contributed by atoms with Crippen molar-refractivity contribution < 1.29 is 0 Å². The van der Waals surface area contributed by atoms with Crippen molar-refractivity contribution in [1.29, 1.82) is 0 Å². The molecule has 0 saturated heterocycles. The summed E-state index contributed by atoms with van der Waals surface area (Å²) >= 11 is 0. The minimum absolute atomic E-state index is 0.942. The van der Waals surface area contributed by atoms with Crippen LogP contribution >= 0.6 is 0 Å². The topological polar surface area (TPSA) is 46.5 Å². The van der Waals surface area contributed by atoms with Crippen molar-refractivity contribution in [2.24, 2.45) is 0 Å². The summed E-state index contributed by atoms with van der Waals surface area (Å²) in [5.74, 6) is 0. The summed E-state index contributed by atoms with van der Waals surface area (Å²) in [7, 11) is 0. The van der Waals surface area contributed by atoms with Crippen LogP contribution in [0, 0.1) is 0 Å². The van der Waals surface area contributed by atoms with Crippen LogP contribution in [0.5, 0.6) is 0 Å². The van der Waals surface area contributed by atoms with Crippen LogP contribution in [-0.4, -0.2) is 19.7 Å². The first-order valence-corrected chi connectivity index (χ1v) is 8.51. The maximum absolute atomic E-state index is 4.42. The first kappa shape index (κ1) is 14.7. The van der Waals surface area contributed by atoms with E-state index in [1.54, 1.807) is 0 Å². The molecule has 0 unspecified atom stereocenters. The number of nitrogens with one attached hydrogen (secondary N) is 1. The first-order valence-electron chi connectivity index (χ1n) is 8.51. The Morgan fingerprint density at radius 1 is 0.846 bits per heavy atom. The van der Waals surface area contributed by atoms with Crippen molar-refractivity contribution in [1.82, 2.24) is 19.7 Å². The van der Waals surface area contributed by atoms with Crippen LogP contribution < -0.4 is 0 Å². The molecule has 5 aromatic rings. The summed E-state index contributed by atoms with van der Waals surface area (Å²) in [6.07, 6.45) is 12.1. The SMILES string of the molecule is C(=Cc1n[nH]c2ccccc12)c1ccccc1-n1cc2ccncc2c1. The average molecular weight is 336 g/mol. The number of hydrogen-bond donors (Lipinski definition) is 1. The largest absolute Gasteiger partial charge is 0.322 e. The van der Waals surface area contributed by atoms with Gasteiger partial charge in [0.05, 0.1) is 16.9 Å². The fraction of sp³-hybridized carbons (Fsp3) is 0. The van der Waals surface area contributed by atoms with Gasteiger partial charge in [-0.3, -0.25) is 10.1 Å². The Morgan fingerprint density at radius 3 is 2.65 bits per heavy atom. The number of pyridine rings is 1. The number of fused-ring (bicyclic) bond motifs is 2. The molecule has 3 heterocycles. The van der Waals surface area contributed by atoms with E-state index < -0.39 is 0 Å². The minimum Gasteiger partial charge on any atom is -0.322 e. The van der Waals surface area contributed by atoms with Gasteiger partial charge in [-0.25, -0.2) is 0 Å². The fourth-order valence-electron chi connectivity index (χ4n) is 3.26. The summed E-state index contributed by atoms with van der Waals surface area (Å²) in [5, 5.41) is 10.9. The molecule has 4 heteroatoms. The van der Waals surface area contributed by atoms with Gasteiger partial charge >= 0.3 is 0 Å². The highest BCUT2D eigenvalue weighted by molar-refractivity contribution is 5.90. The number of benzene rings is 2. The van der Waals surface area contributed by atoms with Crippen LogP contribution in [0.15, 0.2) is 79.4 Å². The quantitative estimate of drug-likeness (QED) is 0.500. The van der Waals surface area contributed by atoms with Crippen LogP contribution in [-0.2, 0) is 0 Å². The van der Waals surface area contributed by atoms with Gasteiger partial charge in [0.25, 0.3) is 0 Å². The Kier molecular flexibility index (Phi) is 3.39. The Hall–Kier alpha value is -3.66. The van der Waals surface area contributed by atoms with E-state index in [4.69, 9.17) is 0 Å². The summed E-state index contributed by atoms with van der Waals surface area (Å²) in [5.41, 5.74) is 4.24. The van der Waals surface area contributed by atoms with Crippen molar-refractivity contribution in [3.63, 3.8) is 0 Å². The third kappa shape index (κ3) is 2.48. The van der Waals surface area contributed by atoms with Gasteiger partial charge in [0.2, 0.25) is 0 Å². The molecule has 0 bridgehead atoms. The van der Waals surface area contributed by atoms with Crippen molar-refractivity contribution in [3.05, 3.63) is 90.6 Å². The monoisotopic (exact) mass is 336 g/mol. The second-order valence-electron chi connectivity index (χ2n) is 6.22. The molecule has 0 aliphatic rings. The van der Waals surface area contributed by atoms with E-state index in [1.165, 1.54) is 5.39 Å². The number of rotatable bonds is 3. The van der Waals surface area contributed by atoms with Crippen LogP contribution in [0.1, 0.15) is 11.3 Å². The Morgan fingerprint density at radius 2 is 1.69 bits per heavy atom. The van der Waals surface area contributed by atoms with E-state index in [0.717, 1.165) is 33.2 Å². The number of aromatic amines is 1. The van der Waals surface area contributed by atoms with Crippen molar-refractivity contribution in [2.45, 2.75) is 0 Å². The fourth-order valence-corrected chi connectivity index (χ4v) is 3.26. The van der Waals surface area contributed by atoms with Gasteiger partial charge in [-0.15, -0.1) is 0 Å². The lowest BCUT2D eigenvalue weighted by molar-refractivity contribution is 1.08. The van der Waals surface area contributed by atoms with Gasteiger partial charge < -0.3 is 4.57 Å². The summed E-state index contributed by atoms with van der Waals surface area (Å²) in [4.78, 5) is 4.20. The van der Waals surface area contributed by atoms with E-state index in [-0.39, 0.29) is 0 Å². The number of hydrogen-bond acceptors (Lipinski definition) is 2. The molecule has 3 aromatic heterocycles. The predicted molar refractivity (Wildman–Crippen MR) is 106 cm³/mol. The summed E-state index contributed by atoms with van der Waals surface area (Å²) < 4.78 is 2.15. The molecule has 5 rings (SSSR count). The maximum atomic E-state index is 4.42. The minimum atomic E-state index is 0.942. The molecule has 2 aromatic carbocycles. The Balaban J connectivity index is 1.58. The van der Waals surface area contributed by atoms with E-state index in [2.05, 4.69) is 74.6 Å². The highest BCUT2D eigenvalue weighted by Crippen LogP contribution is 2.23. The molecule has 0 spiro atoms. The van der Waals surface area contributed by atoms with Crippen LogP contribution in [0.25, 0.3) is 39.5 Å². The second kappa shape index (κ2) is 6.01. The average Bonchev–Trinajstić information content (AvgIpc) is 3.30. The lowest BCUT2D eigenvalue weighted by Gasteiger charge is -2.06. The number of nitrogens with zero attached hydrogens (tertiary/aromatic N) is 3. The third-order valence-electron chi connectivity index (χ3n) is 4.58. The van der Waals surface area contributed by atoms with Gasteiger partial charge in [-0.05, 0) is 29.8 Å². The molecule has 0 radical (unpaired) electrons. The molecule has 26 heavy (non-hydrogen) atoms. The maximum Gasteiger partial charge on any atom is 0.0927 e. The Bertz CT molecular complexity index is 1210. The lowest BCUT2D eigenvalue weighted by Crippen LogP contribution is -1.92. The third-order valence-corrected chi connectivity index (χ3v) is 4.58.